The molecule has 150 valence electrons. The Bertz CT molecular complexity index is 658. The Morgan fingerprint density at radius 3 is 2.52 bits per heavy atom. The van der Waals surface area contributed by atoms with Gasteiger partial charge < -0.3 is 16.0 Å². The number of rotatable bonds is 5. The predicted molar refractivity (Wildman–Crippen MR) is 95.1 cm³/mol. The Morgan fingerprint density at radius 1 is 1.26 bits per heavy atom. The summed E-state index contributed by atoms with van der Waals surface area (Å²) in [6.45, 7) is 3.37. The first-order valence-electron chi connectivity index (χ1n) is 8.86. The molecule has 0 spiro atoms. The lowest BCUT2D eigenvalue weighted by Crippen LogP contribution is -2.49. The van der Waals surface area contributed by atoms with Gasteiger partial charge in [0.05, 0.1) is 18.2 Å². The number of urea groups is 1. The zero-order valence-electron chi connectivity index (χ0n) is 15.4. The first-order valence-corrected chi connectivity index (χ1v) is 8.86. The van der Waals surface area contributed by atoms with Crippen LogP contribution in [0.1, 0.15) is 36.9 Å². The van der Waals surface area contributed by atoms with E-state index in [-0.39, 0.29) is 11.9 Å². The molecule has 0 radical (unpaired) electrons. The van der Waals surface area contributed by atoms with Crippen LogP contribution in [0.5, 0.6) is 0 Å². The SMILES string of the molecule is CNC(=O)CN1CCC(NC(=O)NC(C)c2cccc(C(F)(F)F)c2)CC1. The average molecular weight is 386 g/mol. The third-order valence-corrected chi connectivity index (χ3v) is 4.63. The molecule has 1 aromatic carbocycles. The van der Waals surface area contributed by atoms with E-state index in [1.54, 1.807) is 20.0 Å². The third kappa shape index (κ3) is 6.42. The van der Waals surface area contributed by atoms with Crippen LogP contribution in [0.15, 0.2) is 24.3 Å². The van der Waals surface area contributed by atoms with Crippen molar-refractivity contribution in [2.24, 2.45) is 0 Å². The van der Waals surface area contributed by atoms with Crippen molar-refractivity contribution in [3.63, 3.8) is 0 Å². The molecule has 1 atom stereocenters. The molecule has 0 aromatic heterocycles. The molecule has 3 amide bonds. The molecule has 1 aromatic rings. The minimum absolute atomic E-state index is 0.0281. The van der Waals surface area contributed by atoms with Gasteiger partial charge in [0.1, 0.15) is 0 Å². The summed E-state index contributed by atoms with van der Waals surface area (Å²) in [5.41, 5.74) is -0.349. The maximum absolute atomic E-state index is 12.8. The van der Waals surface area contributed by atoms with E-state index < -0.39 is 23.8 Å². The van der Waals surface area contributed by atoms with Crippen molar-refractivity contribution in [1.82, 2.24) is 20.9 Å². The van der Waals surface area contributed by atoms with Gasteiger partial charge in [-0.3, -0.25) is 9.69 Å². The highest BCUT2D eigenvalue weighted by Crippen LogP contribution is 2.30. The summed E-state index contributed by atoms with van der Waals surface area (Å²) >= 11 is 0. The Morgan fingerprint density at radius 2 is 1.93 bits per heavy atom. The van der Waals surface area contributed by atoms with Crippen LogP contribution in [-0.4, -0.2) is 49.6 Å². The monoisotopic (exact) mass is 386 g/mol. The highest BCUT2D eigenvalue weighted by molar-refractivity contribution is 5.77. The zero-order valence-corrected chi connectivity index (χ0v) is 15.4. The summed E-state index contributed by atoms with van der Waals surface area (Å²) in [6.07, 6.45) is -2.99. The van der Waals surface area contributed by atoms with E-state index in [0.717, 1.165) is 12.1 Å². The van der Waals surface area contributed by atoms with Crippen LogP contribution in [0.25, 0.3) is 0 Å². The summed E-state index contributed by atoms with van der Waals surface area (Å²) in [7, 11) is 1.59. The Labute approximate surface area is 156 Å². The van der Waals surface area contributed by atoms with Gasteiger partial charge in [-0.1, -0.05) is 12.1 Å². The molecular formula is C18H25F3N4O2. The van der Waals surface area contributed by atoms with Crippen molar-refractivity contribution in [3.05, 3.63) is 35.4 Å². The second-order valence-corrected chi connectivity index (χ2v) is 6.69. The van der Waals surface area contributed by atoms with E-state index >= 15 is 0 Å². The van der Waals surface area contributed by atoms with Crippen molar-refractivity contribution in [1.29, 1.82) is 0 Å². The number of hydrogen-bond donors (Lipinski definition) is 3. The molecule has 0 saturated carbocycles. The first kappa shape index (κ1) is 21.0. The van der Waals surface area contributed by atoms with Crippen LogP contribution in [0.4, 0.5) is 18.0 Å². The number of nitrogens with zero attached hydrogens (tertiary/aromatic N) is 1. The van der Waals surface area contributed by atoms with Gasteiger partial charge in [0.15, 0.2) is 0 Å². The van der Waals surface area contributed by atoms with Gasteiger partial charge in [0.25, 0.3) is 0 Å². The lowest BCUT2D eigenvalue weighted by molar-refractivity contribution is -0.137. The fourth-order valence-electron chi connectivity index (χ4n) is 3.01. The molecule has 1 saturated heterocycles. The van der Waals surface area contributed by atoms with E-state index in [1.807, 2.05) is 4.90 Å². The van der Waals surface area contributed by atoms with Crippen LogP contribution in [0, 0.1) is 0 Å². The summed E-state index contributed by atoms with van der Waals surface area (Å²) in [5.74, 6) is -0.0472. The van der Waals surface area contributed by atoms with Crippen molar-refractivity contribution in [2.75, 3.05) is 26.7 Å². The molecule has 1 aliphatic rings. The molecule has 1 aliphatic heterocycles. The number of benzene rings is 1. The van der Waals surface area contributed by atoms with Gasteiger partial charge in [-0.2, -0.15) is 13.2 Å². The standard InChI is InChI=1S/C18H25F3N4O2/c1-12(13-4-3-5-14(10-13)18(19,20)21)23-17(27)24-15-6-8-25(9-7-15)11-16(26)22-2/h3-5,10,12,15H,6-9,11H2,1-2H3,(H,22,26)(H2,23,24,27). The van der Waals surface area contributed by atoms with Crippen LogP contribution < -0.4 is 16.0 Å². The first-order chi connectivity index (χ1) is 12.7. The molecule has 2 rings (SSSR count). The number of alkyl halides is 3. The average Bonchev–Trinajstić information content (AvgIpc) is 2.62. The summed E-state index contributed by atoms with van der Waals surface area (Å²) < 4.78 is 38.4. The van der Waals surface area contributed by atoms with Crippen molar-refractivity contribution >= 4 is 11.9 Å². The number of likely N-dealkylation sites (tertiary alicyclic amines) is 1. The number of nitrogens with one attached hydrogen (secondary N) is 3. The number of piperidine rings is 1. The number of amides is 3. The largest absolute Gasteiger partial charge is 0.416 e. The van der Waals surface area contributed by atoms with E-state index in [1.165, 1.54) is 6.07 Å². The van der Waals surface area contributed by atoms with Gasteiger partial charge in [-0.25, -0.2) is 4.79 Å². The summed E-state index contributed by atoms with van der Waals surface area (Å²) in [5, 5.41) is 8.11. The second kappa shape index (κ2) is 9.07. The Balaban J connectivity index is 1.82. The van der Waals surface area contributed by atoms with Crippen molar-refractivity contribution < 1.29 is 22.8 Å². The number of carbonyl (C=O) groups is 2. The van der Waals surface area contributed by atoms with E-state index in [0.29, 0.717) is 38.0 Å². The lowest BCUT2D eigenvalue weighted by atomic mass is 10.0. The fourth-order valence-corrected chi connectivity index (χ4v) is 3.01. The van der Waals surface area contributed by atoms with Gasteiger partial charge in [-0.05, 0) is 37.5 Å². The summed E-state index contributed by atoms with van der Waals surface area (Å²) in [4.78, 5) is 25.6. The smallest absolute Gasteiger partial charge is 0.358 e. The molecule has 6 nitrogen and oxygen atoms in total. The topological polar surface area (TPSA) is 73.5 Å². The van der Waals surface area contributed by atoms with Crippen LogP contribution in [-0.2, 0) is 11.0 Å². The molecule has 0 bridgehead atoms. The minimum atomic E-state index is -4.42. The van der Waals surface area contributed by atoms with E-state index in [2.05, 4.69) is 16.0 Å². The third-order valence-electron chi connectivity index (χ3n) is 4.63. The lowest BCUT2D eigenvalue weighted by Gasteiger charge is -2.32. The number of carbonyl (C=O) groups excluding carboxylic acids is 2. The molecule has 9 heteroatoms. The number of likely N-dealkylation sites (N-methyl/N-ethyl adjacent to an activating group) is 1. The summed E-state index contributed by atoms with van der Waals surface area (Å²) in [6, 6.07) is 3.93. The van der Waals surface area contributed by atoms with Crippen molar-refractivity contribution in [3.8, 4) is 0 Å². The van der Waals surface area contributed by atoms with Crippen LogP contribution >= 0.6 is 0 Å². The molecule has 1 fully saturated rings. The van der Waals surface area contributed by atoms with Gasteiger partial charge >= 0.3 is 12.2 Å². The predicted octanol–water partition coefficient (Wildman–Crippen LogP) is 2.28. The van der Waals surface area contributed by atoms with Gasteiger partial charge in [0.2, 0.25) is 5.91 Å². The maximum atomic E-state index is 12.8. The second-order valence-electron chi connectivity index (χ2n) is 6.69. The molecular weight excluding hydrogens is 361 g/mol. The molecule has 1 heterocycles. The van der Waals surface area contributed by atoms with E-state index in [4.69, 9.17) is 0 Å². The van der Waals surface area contributed by atoms with E-state index in [9.17, 15) is 22.8 Å². The highest BCUT2D eigenvalue weighted by Gasteiger charge is 2.31. The Hall–Kier alpha value is -2.29. The maximum Gasteiger partial charge on any atom is 0.416 e. The van der Waals surface area contributed by atoms with Gasteiger partial charge in [0, 0.05) is 26.2 Å². The minimum Gasteiger partial charge on any atom is -0.358 e. The van der Waals surface area contributed by atoms with Gasteiger partial charge in [-0.15, -0.1) is 0 Å². The van der Waals surface area contributed by atoms with Crippen molar-refractivity contribution in [2.45, 2.75) is 38.0 Å². The highest BCUT2D eigenvalue weighted by atomic mass is 19.4. The normalized spacial score (nSPS) is 17.2. The zero-order chi connectivity index (χ0) is 20.0. The number of halogens is 3. The molecule has 27 heavy (non-hydrogen) atoms. The Kier molecular flexibility index (Phi) is 7.06. The quantitative estimate of drug-likeness (QED) is 0.727. The van der Waals surface area contributed by atoms with Crippen LogP contribution in [0.2, 0.25) is 0 Å². The fraction of sp³-hybridized carbons (Fsp3) is 0.556. The number of hydrogen-bond acceptors (Lipinski definition) is 3. The molecule has 0 aliphatic carbocycles. The molecule has 1 unspecified atom stereocenters. The van der Waals surface area contributed by atoms with Crippen LogP contribution in [0.3, 0.4) is 0 Å². The molecule has 3 N–H and O–H groups in total.